The number of nitrogens with zero attached hydrogens (tertiary/aromatic N) is 1. The summed E-state index contributed by atoms with van der Waals surface area (Å²) in [7, 11) is 0. The molecule has 0 aliphatic carbocycles. The Hall–Kier alpha value is -1.55. The zero-order valence-corrected chi connectivity index (χ0v) is 9.93. The van der Waals surface area contributed by atoms with Crippen molar-refractivity contribution in [1.82, 2.24) is 0 Å². The third-order valence-corrected chi connectivity index (χ3v) is 3.38. The molecule has 0 radical (unpaired) electrons. The first-order valence-electron chi connectivity index (χ1n) is 6.09. The monoisotopic (exact) mass is 233 g/mol. The van der Waals surface area contributed by atoms with E-state index in [1.54, 1.807) is 6.07 Å². The number of amides is 1. The summed E-state index contributed by atoms with van der Waals surface area (Å²) in [6, 6.07) is 7.83. The van der Waals surface area contributed by atoms with E-state index in [1.807, 2.05) is 18.2 Å². The molecule has 1 unspecified atom stereocenters. The Morgan fingerprint density at radius 3 is 2.82 bits per heavy atom. The molecule has 0 saturated carbocycles. The summed E-state index contributed by atoms with van der Waals surface area (Å²) in [6.45, 7) is 1.57. The van der Waals surface area contributed by atoms with Crippen molar-refractivity contribution in [3.05, 3.63) is 29.8 Å². The van der Waals surface area contributed by atoms with Crippen molar-refractivity contribution in [2.45, 2.75) is 25.3 Å². The van der Waals surface area contributed by atoms with Crippen LogP contribution in [0.1, 0.15) is 29.6 Å². The largest absolute Gasteiger partial charge is 0.367 e. The van der Waals surface area contributed by atoms with E-state index in [9.17, 15) is 4.79 Å². The summed E-state index contributed by atoms with van der Waals surface area (Å²) in [5.41, 5.74) is 12.7. The number of piperidine rings is 1. The van der Waals surface area contributed by atoms with E-state index >= 15 is 0 Å². The first-order valence-corrected chi connectivity index (χ1v) is 6.09. The van der Waals surface area contributed by atoms with E-state index in [0.29, 0.717) is 18.2 Å². The molecule has 92 valence electrons. The lowest BCUT2D eigenvalue weighted by Gasteiger charge is -2.37. The number of para-hydroxylation sites is 1. The van der Waals surface area contributed by atoms with Crippen LogP contribution in [0.5, 0.6) is 0 Å². The van der Waals surface area contributed by atoms with E-state index in [4.69, 9.17) is 11.5 Å². The van der Waals surface area contributed by atoms with Crippen LogP contribution >= 0.6 is 0 Å². The molecule has 1 aromatic rings. The fourth-order valence-corrected chi connectivity index (χ4v) is 2.50. The molecule has 0 aromatic heterocycles. The predicted octanol–water partition coefficient (Wildman–Crippen LogP) is 1.10. The molecule has 17 heavy (non-hydrogen) atoms. The Morgan fingerprint density at radius 2 is 2.12 bits per heavy atom. The average Bonchev–Trinajstić information content (AvgIpc) is 2.38. The summed E-state index contributed by atoms with van der Waals surface area (Å²) < 4.78 is 0. The van der Waals surface area contributed by atoms with Crippen LogP contribution in [-0.4, -0.2) is 25.0 Å². The third-order valence-electron chi connectivity index (χ3n) is 3.38. The van der Waals surface area contributed by atoms with Crippen LogP contribution in [0.15, 0.2) is 24.3 Å². The van der Waals surface area contributed by atoms with Crippen molar-refractivity contribution in [1.29, 1.82) is 0 Å². The van der Waals surface area contributed by atoms with Gasteiger partial charge < -0.3 is 16.4 Å². The van der Waals surface area contributed by atoms with Crippen molar-refractivity contribution >= 4 is 11.6 Å². The Labute approximate surface area is 102 Å². The van der Waals surface area contributed by atoms with E-state index in [-0.39, 0.29) is 5.91 Å². The van der Waals surface area contributed by atoms with Gasteiger partial charge >= 0.3 is 0 Å². The molecule has 1 saturated heterocycles. The molecule has 4 heteroatoms. The van der Waals surface area contributed by atoms with Crippen molar-refractivity contribution in [2.75, 3.05) is 18.0 Å². The molecule has 4 N–H and O–H groups in total. The minimum Gasteiger partial charge on any atom is -0.367 e. The topological polar surface area (TPSA) is 72.3 Å². The second-order valence-electron chi connectivity index (χ2n) is 4.46. The smallest absolute Gasteiger partial charge is 0.250 e. The number of hydrogen-bond donors (Lipinski definition) is 2. The molecule has 1 aliphatic rings. The minimum absolute atomic E-state index is 0.323. The van der Waals surface area contributed by atoms with Gasteiger partial charge in [0.05, 0.1) is 5.56 Å². The van der Waals surface area contributed by atoms with Crippen LogP contribution in [0.3, 0.4) is 0 Å². The Balaban J connectivity index is 2.34. The Kier molecular flexibility index (Phi) is 3.64. The maximum atomic E-state index is 11.4. The van der Waals surface area contributed by atoms with Gasteiger partial charge in [-0.1, -0.05) is 12.1 Å². The van der Waals surface area contributed by atoms with Crippen molar-refractivity contribution in [3.8, 4) is 0 Å². The first kappa shape index (κ1) is 11.9. The van der Waals surface area contributed by atoms with Gasteiger partial charge in [0.25, 0.3) is 5.91 Å². The maximum Gasteiger partial charge on any atom is 0.250 e. The van der Waals surface area contributed by atoms with Gasteiger partial charge in [-0.25, -0.2) is 0 Å². The number of carbonyl (C=O) groups is 1. The maximum absolute atomic E-state index is 11.4. The average molecular weight is 233 g/mol. The van der Waals surface area contributed by atoms with Crippen LogP contribution in [-0.2, 0) is 0 Å². The van der Waals surface area contributed by atoms with E-state index in [0.717, 1.165) is 25.1 Å². The third kappa shape index (κ3) is 2.42. The minimum atomic E-state index is -0.373. The number of benzene rings is 1. The number of carbonyl (C=O) groups excluding carboxylic acids is 1. The van der Waals surface area contributed by atoms with Gasteiger partial charge in [-0.05, 0) is 31.4 Å². The van der Waals surface area contributed by atoms with Gasteiger partial charge in [0.1, 0.15) is 0 Å². The molecule has 4 nitrogen and oxygen atoms in total. The summed E-state index contributed by atoms with van der Waals surface area (Å²) in [4.78, 5) is 13.6. The molecule has 1 aliphatic heterocycles. The molecular formula is C13H19N3O. The highest BCUT2D eigenvalue weighted by molar-refractivity contribution is 5.98. The fraction of sp³-hybridized carbons (Fsp3) is 0.462. The van der Waals surface area contributed by atoms with Crippen LogP contribution in [0, 0.1) is 0 Å². The SMILES string of the molecule is NCC1CCCCN1c1ccccc1C(N)=O. The number of primary amides is 1. The highest BCUT2D eigenvalue weighted by Crippen LogP contribution is 2.27. The number of nitrogens with two attached hydrogens (primary N) is 2. The summed E-state index contributed by atoms with van der Waals surface area (Å²) in [5.74, 6) is -0.373. The second kappa shape index (κ2) is 5.19. The zero-order valence-electron chi connectivity index (χ0n) is 9.93. The molecule has 2 rings (SSSR count). The summed E-state index contributed by atoms with van der Waals surface area (Å²) >= 11 is 0. The van der Waals surface area contributed by atoms with Crippen LogP contribution < -0.4 is 16.4 Å². The normalized spacial score (nSPS) is 20.3. The summed E-state index contributed by atoms with van der Waals surface area (Å²) in [5, 5.41) is 0. The zero-order chi connectivity index (χ0) is 12.3. The predicted molar refractivity (Wildman–Crippen MR) is 69.0 cm³/mol. The Bertz CT molecular complexity index is 405. The first-order chi connectivity index (χ1) is 8.24. The lowest BCUT2D eigenvalue weighted by molar-refractivity contribution is 0.100. The van der Waals surface area contributed by atoms with Crippen LogP contribution in [0.25, 0.3) is 0 Å². The van der Waals surface area contributed by atoms with Gasteiger partial charge in [0.2, 0.25) is 0 Å². The van der Waals surface area contributed by atoms with Crippen LogP contribution in [0.2, 0.25) is 0 Å². The van der Waals surface area contributed by atoms with Crippen LogP contribution in [0.4, 0.5) is 5.69 Å². The van der Waals surface area contributed by atoms with E-state index in [1.165, 1.54) is 6.42 Å². The standard InChI is InChI=1S/C13H19N3O/c14-9-10-5-3-4-8-16(10)12-7-2-1-6-11(12)13(15)17/h1-2,6-7,10H,3-5,8-9,14H2,(H2,15,17). The second-order valence-corrected chi connectivity index (χ2v) is 4.46. The highest BCUT2D eigenvalue weighted by atomic mass is 16.1. The van der Waals surface area contributed by atoms with Gasteiger partial charge in [0.15, 0.2) is 0 Å². The molecule has 1 amide bonds. The summed E-state index contributed by atoms with van der Waals surface area (Å²) in [6.07, 6.45) is 3.43. The lowest BCUT2D eigenvalue weighted by Crippen LogP contribution is -2.45. The van der Waals surface area contributed by atoms with Gasteiger partial charge in [-0.15, -0.1) is 0 Å². The molecule has 1 aromatic carbocycles. The van der Waals surface area contributed by atoms with Gasteiger partial charge in [-0.2, -0.15) is 0 Å². The number of hydrogen-bond acceptors (Lipinski definition) is 3. The molecular weight excluding hydrogens is 214 g/mol. The lowest BCUT2D eigenvalue weighted by atomic mass is 9.99. The van der Waals surface area contributed by atoms with Crippen molar-refractivity contribution < 1.29 is 4.79 Å². The molecule has 1 atom stereocenters. The van der Waals surface area contributed by atoms with Crippen molar-refractivity contribution in [3.63, 3.8) is 0 Å². The number of anilines is 1. The van der Waals surface area contributed by atoms with Gasteiger partial charge in [0, 0.05) is 24.8 Å². The van der Waals surface area contributed by atoms with E-state index in [2.05, 4.69) is 4.90 Å². The molecule has 1 heterocycles. The quantitative estimate of drug-likeness (QED) is 0.821. The fourth-order valence-electron chi connectivity index (χ4n) is 2.50. The van der Waals surface area contributed by atoms with Crippen molar-refractivity contribution in [2.24, 2.45) is 11.5 Å². The van der Waals surface area contributed by atoms with Gasteiger partial charge in [-0.3, -0.25) is 4.79 Å². The van der Waals surface area contributed by atoms with E-state index < -0.39 is 0 Å². The highest BCUT2D eigenvalue weighted by Gasteiger charge is 2.24. The molecule has 1 fully saturated rings. The molecule has 0 bridgehead atoms. The molecule has 0 spiro atoms. The number of rotatable bonds is 3. The Morgan fingerprint density at radius 1 is 1.35 bits per heavy atom.